The minimum absolute atomic E-state index is 0.0638. The van der Waals surface area contributed by atoms with E-state index in [9.17, 15) is 9.59 Å². The summed E-state index contributed by atoms with van der Waals surface area (Å²) in [5, 5.41) is 10.8. The molecule has 0 aliphatic carbocycles. The monoisotopic (exact) mass is 353 g/mol. The molecule has 136 valence electrons. The van der Waals surface area contributed by atoms with Crippen molar-refractivity contribution in [3.8, 4) is 0 Å². The summed E-state index contributed by atoms with van der Waals surface area (Å²) >= 11 is 0. The number of hydrogen-bond donors (Lipinski definition) is 2. The lowest BCUT2D eigenvalue weighted by molar-refractivity contribution is -0.126. The molecule has 2 N–H and O–H groups in total. The van der Waals surface area contributed by atoms with Crippen LogP contribution in [-0.2, 0) is 31.0 Å². The molecule has 26 heavy (non-hydrogen) atoms. The molecule has 0 unspecified atom stereocenters. The van der Waals surface area contributed by atoms with Crippen LogP contribution in [0.1, 0.15) is 40.7 Å². The van der Waals surface area contributed by atoms with Gasteiger partial charge in [0.05, 0.1) is 24.5 Å². The normalized spacial score (nSPS) is 17.0. The smallest absolute Gasteiger partial charge is 0.255 e. The first-order valence-corrected chi connectivity index (χ1v) is 9.10. The highest BCUT2D eigenvalue weighted by molar-refractivity contribution is 6.01. The Morgan fingerprint density at radius 3 is 3.00 bits per heavy atom. The Morgan fingerprint density at radius 1 is 1.38 bits per heavy atom. The second-order valence-corrected chi connectivity index (χ2v) is 6.76. The van der Waals surface area contributed by atoms with Crippen LogP contribution < -0.4 is 10.6 Å². The van der Waals surface area contributed by atoms with Gasteiger partial charge in [-0.25, -0.2) is 0 Å². The Balaban J connectivity index is 1.42. The van der Waals surface area contributed by atoms with Crippen molar-refractivity contribution in [2.75, 3.05) is 6.54 Å². The number of hydrogen-bond acceptors (Lipinski definition) is 4. The van der Waals surface area contributed by atoms with Gasteiger partial charge in [0.25, 0.3) is 5.91 Å². The molecule has 0 bridgehead atoms. The minimum atomic E-state index is -0.464. The molecule has 2 aliphatic heterocycles. The maximum Gasteiger partial charge on any atom is 0.255 e. The summed E-state index contributed by atoms with van der Waals surface area (Å²) in [5.41, 5.74) is 3.67. The van der Waals surface area contributed by atoms with Crippen LogP contribution in [0.15, 0.2) is 30.3 Å². The first-order chi connectivity index (χ1) is 12.7. The van der Waals surface area contributed by atoms with Gasteiger partial charge in [-0.05, 0) is 24.1 Å². The van der Waals surface area contributed by atoms with E-state index < -0.39 is 6.04 Å². The molecule has 4 rings (SSSR count). The molecule has 0 spiro atoms. The van der Waals surface area contributed by atoms with E-state index in [1.807, 2.05) is 41.9 Å². The lowest BCUT2D eigenvalue weighted by Gasteiger charge is -2.25. The van der Waals surface area contributed by atoms with Gasteiger partial charge in [-0.2, -0.15) is 5.10 Å². The molecule has 0 radical (unpaired) electrons. The zero-order valence-corrected chi connectivity index (χ0v) is 14.9. The van der Waals surface area contributed by atoms with Crippen LogP contribution in [-0.4, -0.2) is 39.1 Å². The highest BCUT2D eigenvalue weighted by Gasteiger charge is 2.35. The van der Waals surface area contributed by atoms with Crippen LogP contribution in [0.25, 0.3) is 0 Å². The predicted octanol–water partition coefficient (Wildman–Crippen LogP) is 1.04. The van der Waals surface area contributed by atoms with E-state index in [1.165, 1.54) is 0 Å². The van der Waals surface area contributed by atoms with E-state index in [4.69, 9.17) is 0 Å². The fourth-order valence-corrected chi connectivity index (χ4v) is 3.71. The number of rotatable bonds is 5. The Kier molecular flexibility index (Phi) is 4.46. The van der Waals surface area contributed by atoms with Gasteiger partial charge < -0.3 is 15.5 Å². The number of benzene rings is 1. The van der Waals surface area contributed by atoms with Crippen molar-refractivity contribution in [3.05, 3.63) is 52.8 Å². The summed E-state index contributed by atoms with van der Waals surface area (Å²) in [4.78, 5) is 27.0. The zero-order valence-electron chi connectivity index (χ0n) is 14.9. The molecule has 2 aliphatic rings. The molecule has 1 aromatic carbocycles. The number of amides is 2. The third kappa shape index (κ3) is 2.99. The number of fused-ring (bicyclic) bond motifs is 2. The number of carbonyl (C=O) groups excluding carboxylic acids is 2. The third-order valence-corrected chi connectivity index (χ3v) is 5.08. The van der Waals surface area contributed by atoms with Crippen LogP contribution in [0.2, 0.25) is 0 Å². The molecule has 0 saturated carbocycles. The topological polar surface area (TPSA) is 79.3 Å². The molecule has 0 saturated heterocycles. The van der Waals surface area contributed by atoms with Crippen molar-refractivity contribution in [2.24, 2.45) is 0 Å². The highest BCUT2D eigenvalue weighted by atomic mass is 16.2. The lowest BCUT2D eigenvalue weighted by atomic mass is 10.1. The van der Waals surface area contributed by atoms with Gasteiger partial charge in [-0.3, -0.25) is 14.3 Å². The quantitative estimate of drug-likeness (QED) is 0.842. The lowest BCUT2D eigenvalue weighted by Crippen LogP contribution is -2.46. The van der Waals surface area contributed by atoms with Gasteiger partial charge in [0.1, 0.15) is 6.04 Å². The number of nitrogens with one attached hydrogen (secondary N) is 2. The van der Waals surface area contributed by atoms with Crippen LogP contribution >= 0.6 is 0 Å². The van der Waals surface area contributed by atoms with Crippen molar-refractivity contribution < 1.29 is 9.59 Å². The van der Waals surface area contributed by atoms with Gasteiger partial charge in [-0.1, -0.05) is 25.1 Å². The van der Waals surface area contributed by atoms with Gasteiger partial charge in [0.2, 0.25) is 5.91 Å². The Hall–Kier alpha value is -2.67. The second kappa shape index (κ2) is 6.92. The average Bonchev–Trinajstić information content (AvgIpc) is 3.22. The van der Waals surface area contributed by atoms with Crippen molar-refractivity contribution in [2.45, 2.75) is 45.6 Å². The molecule has 3 heterocycles. The first-order valence-electron chi connectivity index (χ1n) is 9.10. The van der Waals surface area contributed by atoms with Crippen molar-refractivity contribution in [3.63, 3.8) is 0 Å². The summed E-state index contributed by atoms with van der Waals surface area (Å²) < 4.78 is 1.98. The van der Waals surface area contributed by atoms with Crippen LogP contribution in [0, 0.1) is 0 Å². The fraction of sp³-hybridized carbons (Fsp3) is 0.421. The van der Waals surface area contributed by atoms with Gasteiger partial charge in [0, 0.05) is 25.2 Å². The van der Waals surface area contributed by atoms with E-state index in [-0.39, 0.29) is 11.8 Å². The Morgan fingerprint density at radius 2 is 2.23 bits per heavy atom. The van der Waals surface area contributed by atoms with Crippen molar-refractivity contribution in [1.82, 2.24) is 25.3 Å². The first kappa shape index (κ1) is 16.8. The van der Waals surface area contributed by atoms with E-state index in [1.54, 1.807) is 4.90 Å². The molecule has 1 atom stereocenters. The number of nitrogens with zero attached hydrogens (tertiary/aromatic N) is 3. The Bertz CT molecular complexity index is 821. The summed E-state index contributed by atoms with van der Waals surface area (Å²) in [7, 11) is 0. The standard InChI is InChI=1S/C19H23N5O2/c1-2-17(23-12-13-5-3-4-6-16(13)19(23)26)18(25)21-10-14-9-15-11-20-7-8-24(15)22-14/h3-6,9,17,20H,2,7-8,10-12H2,1H3,(H,21,25)/t17-/m0/s1. The van der Waals surface area contributed by atoms with Crippen LogP contribution in [0.3, 0.4) is 0 Å². The van der Waals surface area contributed by atoms with E-state index in [0.29, 0.717) is 25.1 Å². The summed E-state index contributed by atoms with van der Waals surface area (Å²) in [6.07, 6.45) is 0.579. The molecule has 2 amide bonds. The number of carbonyl (C=O) groups is 2. The zero-order chi connectivity index (χ0) is 18.1. The SMILES string of the molecule is CC[C@@H](C(=O)NCc1cc2n(n1)CCNC2)N1Cc2ccccc2C1=O. The molecule has 7 heteroatoms. The number of aromatic nitrogens is 2. The van der Waals surface area contributed by atoms with Crippen molar-refractivity contribution >= 4 is 11.8 Å². The molecular weight excluding hydrogens is 330 g/mol. The molecule has 7 nitrogen and oxygen atoms in total. The minimum Gasteiger partial charge on any atom is -0.349 e. The van der Waals surface area contributed by atoms with Crippen molar-refractivity contribution in [1.29, 1.82) is 0 Å². The predicted molar refractivity (Wildman–Crippen MR) is 96.2 cm³/mol. The maximum atomic E-state index is 12.7. The van der Waals surface area contributed by atoms with Gasteiger partial charge >= 0.3 is 0 Å². The second-order valence-electron chi connectivity index (χ2n) is 6.76. The largest absolute Gasteiger partial charge is 0.349 e. The molecular formula is C19H23N5O2. The third-order valence-electron chi connectivity index (χ3n) is 5.08. The van der Waals surface area contributed by atoms with E-state index >= 15 is 0 Å². The summed E-state index contributed by atoms with van der Waals surface area (Å²) in [6, 6.07) is 9.11. The molecule has 0 fully saturated rings. The van der Waals surface area contributed by atoms with Crippen LogP contribution in [0.4, 0.5) is 0 Å². The van der Waals surface area contributed by atoms with E-state index in [0.717, 1.165) is 36.6 Å². The average molecular weight is 353 g/mol. The summed E-state index contributed by atoms with van der Waals surface area (Å²) in [6.45, 7) is 5.37. The highest BCUT2D eigenvalue weighted by Crippen LogP contribution is 2.25. The molecule has 1 aromatic heterocycles. The van der Waals surface area contributed by atoms with Gasteiger partial charge in [-0.15, -0.1) is 0 Å². The summed E-state index contributed by atoms with van der Waals surface area (Å²) in [5.74, 6) is -0.191. The Labute approximate surface area is 152 Å². The van der Waals surface area contributed by atoms with E-state index in [2.05, 4.69) is 15.7 Å². The van der Waals surface area contributed by atoms with Gasteiger partial charge in [0.15, 0.2) is 0 Å². The maximum absolute atomic E-state index is 12.7. The molecule has 2 aromatic rings. The van der Waals surface area contributed by atoms with Crippen LogP contribution in [0.5, 0.6) is 0 Å². The fourth-order valence-electron chi connectivity index (χ4n) is 3.71.